The molecule has 5 rings (SSSR count). The Labute approximate surface area is 213 Å². The van der Waals surface area contributed by atoms with Gasteiger partial charge in [0, 0.05) is 40.7 Å². The van der Waals surface area contributed by atoms with Crippen LogP contribution in [-0.2, 0) is 0 Å². The number of pyridine rings is 2. The van der Waals surface area contributed by atoms with Crippen LogP contribution in [0.2, 0.25) is 0 Å². The summed E-state index contributed by atoms with van der Waals surface area (Å²) in [7, 11) is 3.01. The summed E-state index contributed by atoms with van der Waals surface area (Å²) in [6, 6.07) is 10.7. The van der Waals surface area contributed by atoms with E-state index in [9.17, 15) is 9.90 Å². The lowest BCUT2D eigenvalue weighted by molar-refractivity contribution is 0.0696. The predicted octanol–water partition coefficient (Wildman–Crippen LogP) is 5.69. The minimum absolute atomic E-state index is 0.0672. The molecule has 0 saturated carbocycles. The van der Waals surface area contributed by atoms with Crippen molar-refractivity contribution in [3.8, 4) is 33.8 Å². The Bertz CT molecular complexity index is 1580. The van der Waals surface area contributed by atoms with Crippen molar-refractivity contribution in [2.24, 2.45) is 0 Å². The molecule has 1 unspecified atom stereocenters. The Morgan fingerprint density at radius 3 is 2.35 bits per heavy atom. The van der Waals surface area contributed by atoms with Crippen molar-refractivity contribution in [3.63, 3.8) is 0 Å². The maximum Gasteiger partial charge on any atom is 0.335 e. The van der Waals surface area contributed by atoms with Crippen LogP contribution < -0.4 is 9.47 Å². The third-order valence-electron chi connectivity index (χ3n) is 6.55. The Kier molecular flexibility index (Phi) is 6.12. The molecule has 188 valence electrons. The number of hydrogen-bond donors (Lipinski definition) is 1. The Hall–Kier alpha value is -4.66. The highest BCUT2D eigenvalue weighted by Crippen LogP contribution is 2.45. The lowest BCUT2D eigenvalue weighted by atomic mass is 9.99. The fourth-order valence-corrected chi connectivity index (χ4v) is 4.72. The number of aromatic carboxylic acids is 1. The molecular weight excluding hydrogens is 472 g/mol. The van der Waals surface area contributed by atoms with Crippen LogP contribution in [0.3, 0.4) is 0 Å². The van der Waals surface area contributed by atoms with Crippen LogP contribution >= 0.6 is 0 Å². The van der Waals surface area contributed by atoms with Gasteiger partial charge in [-0.1, -0.05) is 11.2 Å². The van der Waals surface area contributed by atoms with Crippen LogP contribution in [0, 0.1) is 13.8 Å². The second-order valence-electron chi connectivity index (χ2n) is 8.74. The molecule has 5 aromatic rings. The summed E-state index contributed by atoms with van der Waals surface area (Å²) in [4.78, 5) is 21.1. The molecule has 0 amide bonds. The molecule has 0 aliphatic carbocycles. The van der Waals surface area contributed by atoms with E-state index in [-0.39, 0.29) is 11.6 Å². The molecule has 9 heteroatoms. The molecule has 9 nitrogen and oxygen atoms in total. The molecule has 4 heterocycles. The van der Waals surface area contributed by atoms with Gasteiger partial charge in [0.2, 0.25) is 0 Å². The van der Waals surface area contributed by atoms with Crippen LogP contribution in [0.1, 0.15) is 40.5 Å². The van der Waals surface area contributed by atoms with Gasteiger partial charge >= 0.3 is 5.97 Å². The minimum Gasteiger partial charge on any atom is -0.496 e. The van der Waals surface area contributed by atoms with Crippen LogP contribution in [0.15, 0.2) is 59.5 Å². The Balaban J connectivity index is 1.83. The predicted molar refractivity (Wildman–Crippen MR) is 138 cm³/mol. The van der Waals surface area contributed by atoms with Gasteiger partial charge in [-0.15, -0.1) is 0 Å². The molecule has 0 saturated heterocycles. The standard InChI is InChI=1S/C28H26N4O5/c1-15-25(17(3)37-31-15)19-10-20-21(26-23(35-4)11-18(28(33)34)12-24(26)36-5)14-32(27(20)30-13-19)16(2)22-8-6-7-9-29-22/h6-14,16H,1-5H3,(H,33,34). The molecule has 0 fully saturated rings. The van der Waals surface area contributed by atoms with E-state index in [1.165, 1.54) is 26.4 Å². The molecule has 0 aliphatic rings. The fraction of sp³-hybridized carbons (Fsp3) is 0.214. The Morgan fingerprint density at radius 2 is 1.78 bits per heavy atom. The maximum atomic E-state index is 11.7. The second kappa shape index (κ2) is 9.42. The molecule has 0 bridgehead atoms. The number of fused-ring (bicyclic) bond motifs is 1. The van der Waals surface area contributed by atoms with Crippen LogP contribution in [0.4, 0.5) is 0 Å². The lowest BCUT2D eigenvalue weighted by Crippen LogP contribution is -2.07. The number of carboxylic acid groups (broad SMARTS) is 1. The summed E-state index contributed by atoms with van der Waals surface area (Å²) in [5.41, 5.74) is 5.59. The van der Waals surface area contributed by atoms with Gasteiger partial charge in [0.1, 0.15) is 22.9 Å². The molecule has 1 atom stereocenters. The van der Waals surface area contributed by atoms with Crippen molar-refractivity contribution in [3.05, 3.63) is 77.7 Å². The van der Waals surface area contributed by atoms with E-state index in [0.29, 0.717) is 22.8 Å². The third kappa shape index (κ3) is 4.08. The number of ether oxygens (including phenoxy) is 2. The van der Waals surface area contributed by atoms with Crippen molar-refractivity contribution in [1.82, 2.24) is 19.7 Å². The Morgan fingerprint density at radius 1 is 1.05 bits per heavy atom. The lowest BCUT2D eigenvalue weighted by Gasteiger charge is -2.15. The van der Waals surface area contributed by atoms with Gasteiger partial charge < -0.3 is 23.7 Å². The SMILES string of the molecule is COc1cc(C(=O)O)cc(OC)c1-c1cn(C(C)c2ccccn2)c2ncc(-c3c(C)noc3C)cc12. The first-order valence-electron chi connectivity index (χ1n) is 11.7. The fourth-order valence-electron chi connectivity index (χ4n) is 4.72. The van der Waals surface area contributed by atoms with Crippen molar-refractivity contribution in [2.75, 3.05) is 14.2 Å². The molecular formula is C28H26N4O5. The van der Waals surface area contributed by atoms with E-state index < -0.39 is 5.97 Å². The van der Waals surface area contributed by atoms with E-state index in [1.807, 2.05) is 55.1 Å². The summed E-state index contributed by atoms with van der Waals surface area (Å²) in [5, 5.41) is 14.5. The monoisotopic (exact) mass is 498 g/mol. The van der Waals surface area contributed by atoms with E-state index >= 15 is 0 Å². The highest BCUT2D eigenvalue weighted by molar-refractivity contribution is 6.01. The largest absolute Gasteiger partial charge is 0.496 e. The smallest absolute Gasteiger partial charge is 0.335 e. The number of carbonyl (C=O) groups is 1. The van der Waals surface area contributed by atoms with E-state index in [1.54, 1.807) is 6.20 Å². The highest BCUT2D eigenvalue weighted by Gasteiger charge is 2.25. The average molecular weight is 499 g/mol. The number of aromatic nitrogens is 4. The summed E-state index contributed by atoms with van der Waals surface area (Å²) >= 11 is 0. The zero-order chi connectivity index (χ0) is 26.3. The topological polar surface area (TPSA) is 113 Å². The highest BCUT2D eigenvalue weighted by atomic mass is 16.5. The van der Waals surface area contributed by atoms with Gasteiger partial charge in [0.05, 0.1) is 42.8 Å². The van der Waals surface area contributed by atoms with Crippen molar-refractivity contribution in [1.29, 1.82) is 0 Å². The van der Waals surface area contributed by atoms with Gasteiger partial charge in [-0.25, -0.2) is 9.78 Å². The zero-order valence-corrected chi connectivity index (χ0v) is 21.1. The average Bonchev–Trinajstić information content (AvgIpc) is 3.46. The number of carboxylic acids is 1. The van der Waals surface area contributed by atoms with Crippen LogP contribution in [-0.4, -0.2) is 45.0 Å². The van der Waals surface area contributed by atoms with Gasteiger partial charge in [-0.2, -0.15) is 0 Å². The number of methoxy groups -OCH3 is 2. The number of benzene rings is 1. The minimum atomic E-state index is -1.07. The van der Waals surface area contributed by atoms with Gasteiger partial charge in [-0.05, 0) is 51.1 Å². The van der Waals surface area contributed by atoms with E-state index in [2.05, 4.69) is 17.1 Å². The number of rotatable bonds is 7. The molecule has 0 spiro atoms. The quantitative estimate of drug-likeness (QED) is 0.304. The summed E-state index contributed by atoms with van der Waals surface area (Å²) in [6.07, 6.45) is 5.55. The first-order chi connectivity index (χ1) is 17.8. The molecule has 4 aromatic heterocycles. The number of aryl methyl sites for hydroxylation is 2. The molecule has 1 aromatic carbocycles. The normalized spacial score (nSPS) is 12.0. The van der Waals surface area contributed by atoms with Crippen molar-refractivity contribution >= 4 is 17.0 Å². The van der Waals surface area contributed by atoms with Gasteiger partial charge in [-0.3, -0.25) is 4.98 Å². The number of nitrogens with zero attached hydrogens (tertiary/aromatic N) is 4. The first kappa shape index (κ1) is 24.1. The van der Waals surface area contributed by atoms with E-state index in [4.69, 9.17) is 19.0 Å². The van der Waals surface area contributed by atoms with Crippen LogP contribution in [0.25, 0.3) is 33.3 Å². The molecule has 0 radical (unpaired) electrons. The molecule has 0 aliphatic heterocycles. The summed E-state index contributed by atoms with van der Waals surface area (Å²) in [5.74, 6) is 0.382. The van der Waals surface area contributed by atoms with Gasteiger partial charge in [0.15, 0.2) is 0 Å². The maximum absolute atomic E-state index is 11.7. The molecule has 1 N–H and O–H groups in total. The number of hydrogen-bond acceptors (Lipinski definition) is 7. The summed E-state index contributed by atoms with van der Waals surface area (Å²) < 4.78 is 18.8. The van der Waals surface area contributed by atoms with Crippen molar-refractivity contribution < 1.29 is 23.9 Å². The van der Waals surface area contributed by atoms with E-state index in [0.717, 1.165) is 39.1 Å². The second-order valence-corrected chi connectivity index (χ2v) is 8.74. The van der Waals surface area contributed by atoms with Crippen molar-refractivity contribution in [2.45, 2.75) is 26.8 Å². The third-order valence-corrected chi connectivity index (χ3v) is 6.55. The zero-order valence-electron chi connectivity index (χ0n) is 21.1. The summed E-state index contributed by atoms with van der Waals surface area (Å²) in [6.45, 7) is 5.81. The van der Waals surface area contributed by atoms with Crippen LogP contribution in [0.5, 0.6) is 11.5 Å². The molecule has 37 heavy (non-hydrogen) atoms. The first-order valence-corrected chi connectivity index (χ1v) is 11.7. The van der Waals surface area contributed by atoms with Gasteiger partial charge in [0.25, 0.3) is 0 Å².